The number of urea groups is 1. The van der Waals surface area contributed by atoms with Gasteiger partial charge in [0.2, 0.25) is 5.88 Å². The zero-order valence-corrected chi connectivity index (χ0v) is 15.7. The van der Waals surface area contributed by atoms with Crippen molar-refractivity contribution in [2.45, 2.75) is 13.8 Å². The fraction of sp³-hybridized carbons (Fsp3) is 0.150. The Morgan fingerprint density at radius 2 is 1.81 bits per heavy atom. The van der Waals surface area contributed by atoms with Gasteiger partial charge in [-0.25, -0.2) is 4.79 Å². The molecule has 1 aromatic heterocycles. The summed E-state index contributed by atoms with van der Waals surface area (Å²) in [6, 6.07) is 16.0. The lowest BCUT2D eigenvalue weighted by Crippen LogP contribution is -2.19. The van der Waals surface area contributed by atoms with E-state index >= 15 is 0 Å². The number of halogens is 1. The first kappa shape index (κ1) is 18.7. The maximum absolute atomic E-state index is 12.2. The number of anilines is 2. The van der Waals surface area contributed by atoms with Gasteiger partial charge in [-0.05, 0) is 49.7 Å². The second kappa shape index (κ2) is 8.51. The van der Waals surface area contributed by atoms with Crippen LogP contribution in [-0.4, -0.2) is 22.8 Å². The second-order valence-electron chi connectivity index (χ2n) is 5.83. The maximum Gasteiger partial charge on any atom is 0.323 e. The molecule has 7 heteroatoms. The molecule has 0 fully saturated rings. The van der Waals surface area contributed by atoms with Gasteiger partial charge in [0.25, 0.3) is 0 Å². The van der Waals surface area contributed by atoms with Gasteiger partial charge in [-0.3, -0.25) is 0 Å². The third kappa shape index (κ3) is 4.95. The van der Waals surface area contributed by atoms with Gasteiger partial charge in [-0.15, -0.1) is 10.2 Å². The summed E-state index contributed by atoms with van der Waals surface area (Å²) in [6.07, 6.45) is 0. The lowest BCUT2D eigenvalue weighted by atomic mass is 10.1. The van der Waals surface area contributed by atoms with Crippen LogP contribution in [0.4, 0.5) is 16.2 Å². The number of carbonyl (C=O) groups excluding carboxylic acids is 1. The third-order valence-electron chi connectivity index (χ3n) is 3.74. The molecule has 3 aromatic rings. The van der Waals surface area contributed by atoms with Crippen molar-refractivity contribution in [2.24, 2.45) is 0 Å². The van der Waals surface area contributed by atoms with Gasteiger partial charge in [0, 0.05) is 17.3 Å². The Morgan fingerprint density at radius 1 is 1.04 bits per heavy atom. The van der Waals surface area contributed by atoms with Crippen LogP contribution in [0.3, 0.4) is 0 Å². The number of amides is 2. The molecule has 0 aliphatic heterocycles. The molecule has 138 valence electrons. The summed E-state index contributed by atoms with van der Waals surface area (Å²) >= 11 is 6.10. The summed E-state index contributed by atoms with van der Waals surface area (Å²) in [6.45, 7) is 4.37. The van der Waals surface area contributed by atoms with E-state index in [4.69, 9.17) is 16.3 Å². The van der Waals surface area contributed by atoms with Crippen molar-refractivity contribution in [2.75, 3.05) is 17.2 Å². The number of benzene rings is 2. The van der Waals surface area contributed by atoms with Crippen LogP contribution in [0.2, 0.25) is 5.02 Å². The van der Waals surface area contributed by atoms with Crippen molar-refractivity contribution in [1.29, 1.82) is 0 Å². The smallest absolute Gasteiger partial charge is 0.323 e. The van der Waals surface area contributed by atoms with Crippen LogP contribution in [-0.2, 0) is 0 Å². The number of ether oxygens (including phenoxy) is 1. The minimum Gasteiger partial charge on any atom is -0.477 e. The van der Waals surface area contributed by atoms with E-state index in [9.17, 15) is 4.79 Å². The van der Waals surface area contributed by atoms with Crippen LogP contribution in [0, 0.1) is 6.92 Å². The number of carbonyl (C=O) groups is 1. The average molecular weight is 383 g/mol. The van der Waals surface area contributed by atoms with Crippen molar-refractivity contribution in [1.82, 2.24) is 10.2 Å². The van der Waals surface area contributed by atoms with Crippen LogP contribution in [0.25, 0.3) is 11.3 Å². The molecule has 2 N–H and O–H groups in total. The Morgan fingerprint density at radius 3 is 2.48 bits per heavy atom. The number of rotatable bonds is 5. The molecule has 0 aliphatic carbocycles. The molecule has 0 saturated heterocycles. The van der Waals surface area contributed by atoms with Crippen molar-refractivity contribution >= 4 is 29.0 Å². The molecule has 27 heavy (non-hydrogen) atoms. The first-order valence-corrected chi connectivity index (χ1v) is 8.84. The summed E-state index contributed by atoms with van der Waals surface area (Å²) < 4.78 is 5.29. The molecule has 2 amide bonds. The lowest BCUT2D eigenvalue weighted by molar-refractivity contribution is 0.262. The third-order valence-corrected chi connectivity index (χ3v) is 4.07. The lowest BCUT2D eigenvalue weighted by Gasteiger charge is -2.10. The first-order valence-electron chi connectivity index (χ1n) is 8.46. The number of nitrogens with one attached hydrogen (secondary N) is 2. The number of aryl methyl sites for hydroxylation is 1. The van der Waals surface area contributed by atoms with Crippen LogP contribution < -0.4 is 15.4 Å². The van der Waals surface area contributed by atoms with Crippen LogP contribution in [0.5, 0.6) is 5.88 Å². The Kier molecular flexibility index (Phi) is 5.88. The fourth-order valence-corrected chi connectivity index (χ4v) is 2.61. The van der Waals surface area contributed by atoms with E-state index in [0.29, 0.717) is 28.9 Å². The van der Waals surface area contributed by atoms with Crippen molar-refractivity contribution in [3.05, 3.63) is 65.2 Å². The predicted octanol–water partition coefficient (Wildman–Crippen LogP) is 5.15. The van der Waals surface area contributed by atoms with Crippen LogP contribution >= 0.6 is 11.6 Å². The number of hydrogen-bond donors (Lipinski definition) is 2. The zero-order chi connectivity index (χ0) is 19.2. The molecular formula is C20H19ClN4O2. The molecule has 0 aliphatic rings. The average Bonchev–Trinajstić information content (AvgIpc) is 2.66. The summed E-state index contributed by atoms with van der Waals surface area (Å²) in [7, 11) is 0. The highest BCUT2D eigenvalue weighted by Crippen LogP contribution is 2.24. The number of nitrogens with zero attached hydrogens (tertiary/aromatic N) is 2. The molecule has 0 radical (unpaired) electrons. The first-order chi connectivity index (χ1) is 13.0. The normalized spacial score (nSPS) is 10.3. The molecule has 0 saturated carbocycles. The molecule has 2 aromatic carbocycles. The van der Waals surface area contributed by atoms with E-state index in [0.717, 1.165) is 16.8 Å². The SMILES string of the molecule is CCOc1ccc(-c2ccc(NC(=O)Nc3cc(C)ccc3Cl)cc2)nn1. The highest BCUT2D eigenvalue weighted by atomic mass is 35.5. The van der Waals surface area contributed by atoms with Gasteiger partial charge in [0.05, 0.1) is 23.0 Å². The molecule has 3 rings (SSSR count). The standard InChI is InChI=1S/C20H19ClN4O2/c1-3-27-19-11-10-17(24-25-19)14-5-7-15(8-6-14)22-20(26)23-18-12-13(2)4-9-16(18)21/h4-12H,3H2,1-2H3,(H2,22,23,26). The molecule has 0 unspecified atom stereocenters. The Labute approximate surface area is 162 Å². The Balaban J connectivity index is 1.64. The summed E-state index contributed by atoms with van der Waals surface area (Å²) in [4.78, 5) is 12.2. The molecule has 0 spiro atoms. The van der Waals surface area contributed by atoms with E-state index in [1.54, 1.807) is 24.3 Å². The van der Waals surface area contributed by atoms with E-state index in [2.05, 4.69) is 20.8 Å². The molecular weight excluding hydrogens is 364 g/mol. The monoisotopic (exact) mass is 382 g/mol. The minimum atomic E-state index is -0.365. The molecule has 1 heterocycles. The number of hydrogen-bond acceptors (Lipinski definition) is 4. The van der Waals surface area contributed by atoms with E-state index < -0.39 is 0 Å². The van der Waals surface area contributed by atoms with Crippen LogP contribution in [0.15, 0.2) is 54.6 Å². The van der Waals surface area contributed by atoms with Crippen molar-refractivity contribution < 1.29 is 9.53 Å². The van der Waals surface area contributed by atoms with Crippen molar-refractivity contribution in [3.63, 3.8) is 0 Å². The summed E-state index contributed by atoms with van der Waals surface area (Å²) in [5.74, 6) is 0.492. The van der Waals surface area contributed by atoms with Gasteiger partial charge in [-0.2, -0.15) is 0 Å². The minimum absolute atomic E-state index is 0.365. The Bertz CT molecular complexity index is 928. The quantitative estimate of drug-likeness (QED) is 0.639. The topological polar surface area (TPSA) is 76.1 Å². The maximum atomic E-state index is 12.2. The summed E-state index contributed by atoms with van der Waals surface area (Å²) in [5.41, 5.74) is 3.84. The number of aromatic nitrogens is 2. The van der Waals surface area contributed by atoms with E-state index in [1.165, 1.54) is 0 Å². The van der Waals surface area contributed by atoms with E-state index in [1.807, 2.05) is 44.2 Å². The highest BCUT2D eigenvalue weighted by molar-refractivity contribution is 6.33. The largest absolute Gasteiger partial charge is 0.477 e. The fourth-order valence-electron chi connectivity index (χ4n) is 2.44. The van der Waals surface area contributed by atoms with Gasteiger partial charge in [-0.1, -0.05) is 29.8 Å². The predicted molar refractivity (Wildman–Crippen MR) is 107 cm³/mol. The van der Waals surface area contributed by atoms with Gasteiger partial charge < -0.3 is 15.4 Å². The molecule has 6 nitrogen and oxygen atoms in total. The Hall–Kier alpha value is -3.12. The van der Waals surface area contributed by atoms with Gasteiger partial charge >= 0.3 is 6.03 Å². The summed E-state index contributed by atoms with van der Waals surface area (Å²) in [5, 5.41) is 14.2. The second-order valence-corrected chi connectivity index (χ2v) is 6.24. The van der Waals surface area contributed by atoms with E-state index in [-0.39, 0.29) is 6.03 Å². The zero-order valence-electron chi connectivity index (χ0n) is 15.0. The van der Waals surface area contributed by atoms with Crippen molar-refractivity contribution in [3.8, 4) is 17.1 Å². The molecule has 0 atom stereocenters. The van der Waals surface area contributed by atoms with Gasteiger partial charge in [0.1, 0.15) is 0 Å². The van der Waals surface area contributed by atoms with Gasteiger partial charge in [0.15, 0.2) is 0 Å². The highest BCUT2D eigenvalue weighted by Gasteiger charge is 2.07. The molecule has 0 bridgehead atoms. The van der Waals surface area contributed by atoms with Crippen LogP contribution in [0.1, 0.15) is 12.5 Å².